The number of hydrogen-bond acceptors (Lipinski definition) is 1. The van der Waals surface area contributed by atoms with Crippen molar-refractivity contribution in [3.8, 4) is 0 Å². The smallest absolute Gasteiger partial charge is 0.0489 e. The van der Waals surface area contributed by atoms with Crippen LogP contribution in [-0.4, -0.2) is 18.1 Å². The summed E-state index contributed by atoms with van der Waals surface area (Å²) in [4.78, 5) is 3.39. The van der Waals surface area contributed by atoms with Gasteiger partial charge in [0.1, 0.15) is 0 Å². The molecule has 82 valence electrons. The van der Waals surface area contributed by atoms with Gasteiger partial charge < -0.3 is 10.3 Å². The van der Waals surface area contributed by atoms with Crippen molar-refractivity contribution < 1.29 is 0 Å². The van der Waals surface area contributed by atoms with Crippen LogP contribution in [0.15, 0.2) is 30.5 Å². The van der Waals surface area contributed by atoms with Crippen LogP contribution >= 0.6 is 0 Å². The summed E-state index contributed by atoms with van der Waals surface area (Å²) in [5, 5.41) is 4.70. The first-order valence-electron chi connectivity index (χ1n) is 5.83. The SMILES string of the molecule is Cc1cccc2c(C3=CCNCC3)c[nH]c12. The molecule has 0 aliphatic carbocycles. The molecule has 2 N–H and O–H groups in total. The quantitative estimate of drug-likeness (QED) is 0.747. The minimum absolute atomic E-state index is 0.994. The molecular formula is C14H16N2. The number of rotatable bonds is 1. The zero-order chi connectivity index (χ0) is 11.0. The largest absolute Gasteiger partial charge is 0.360 e. The molecule has 0 saturated heterocycles. The van der Waals surface area contributed by atoms with E-state index in [1.54, 1.807) is 0 Å². The highest BCUT2D eigenvalue weighted by Gasteiger charge is 2.11. The zero-order valence-corrected chi connectivity index (χ0v) is 9.51. The summed E-state index contributed by atoms with van der Waals surface area (Å²) < 4.78 is 0. The van der Waals surface area contributed by atoms with Gasteiger partial charge in [-0.3, -0.25) is 0 Å². The summed E-state index contributed by atoms with van der Waals surface area (Å²) >= 11 is 0. The first kappa shape index (κ1) is 9.67. The van der Waals surface area contributed by atoms with Gasteiger partial charge in [-0.15, -0.1) is 0 Å². The molecule has 0 unspecified atom stereocenters. The molecule has 2 heteroatoms. The second-order valence-corrected chi connectivity index (χ2v) is 4.38. The molecule has 2 nitrogen and oxygen atoms in total. The van der Waals surface area contributed by atoms with Crippen molar-refractivity contribution in [2.75, 3.05) is 13.1 Å². The van der Waals surface area contributed by atoms with Crippen LogP contribution in [-0.2, 0) is 0 Å². The Balaban J connectivity index is 2.17. The van der Waals surface area contributed by atoms with Crippen LogP contribution in [0.5, 0.6) is 0 Å². The Kier molecular flexibility index (Phi) is 2.29. The molecule has 1 aliphatic rings. The van der Waals surface area contributed by atoms with Crippen LogP contribution in [0.1, 0.15) is 17.5 Å². The molecule has 1 aromatic heterocycles. The molecule has 0 fully saturated rings. The van der Waals surface area contributed by atoms with Crippen LogP contribution in [0.3, 0.4) is 0 Å². The molecule has 0 amide bonds. The fourth-order valence-electron chi connectivity index (χ4n) is 2.44. The van der Waals surface area contributed by atoms with Crippen molar-refractivity contribution in [3.05, 3.63) is 41.6 Å². The first-order valence-corrected chi connectivity index (χ1v) is 5.83. The molecule has 0 atom stereocenters. The summed E-state index contributed by atoms with van der Waals surface area (Å²) in [6, 6.07) is 6.49. The van der Waals surface area contributed by atoms with Gasteiger partial charge in [0.15, 0.2) is 0 Å². The van der Waals surface area contributed by atoms with Crippen LogP contribution < -0.4 is 5.32 Å². The van der Waals surface area contributed by atoms with E-state index >= 15 is 0 Å². The number of para-hydroxylation sites is 1. The average Bonchev–Trinajstić information content (AvgIpc) is 2.75. The predicted octanol–water partition coefficient (Wildman–Crippen LogP) is 2.85. The molecule has 3 rings (SSSR count). The topological polar surface area (TPSA) is 27.8 Å². The third-order valence-corrected chi connectivity index (χ3v) is 3.33. The summed E-state index contributed by atoms with van der Waals surface area (Å²) in [7, 11) is 0. The molecule has 0 bridgehead atoms. The standard InChI is InChI=1S/C14H16N2/c1-10-3-2-4-12-13(9-16-14(10)12)11-5-7-15-8-6-11/h2-5,9,15-16H,6-8H2,1H3. The fourth-order valence-corrected chi connectivity index (χ4v) is 2.44. The zero-order valence-electron chi connectivity index (χ0n) is 9.51. The second kappa shape index (κ2) is 3.80. The van der Waals surface area contributed by atoms with Gasteiger partial charge in [0.05, 0.1) is 0 Å². The van der Waals surface area contributed by atoms with Crippen LogP contribution in [0, 0.1) is 6.92 Å². The Morgan fingerprint density at radius 1 is 1.25 bits per heavy atom. The Bertz CT molecular complexity index is 549. The van der Waals surface area contributed by atoms with Gasteiger partial charge in [0.2, 0.25) is 0 Å². The lowest BCUT2D eigenvalue weighted by Crippen LogP contribution is -2.19. The Morgan fingerprint density at radius 2 is 2.19 bits per heavy atom. The first-order chi connectivity index (χ1) is 7.86. The van der Waals surface area contributed by atoms with Crippen LogP contribution in [0.25, 0.3) is 16.5 Å². The lowest BCUT2D eigenvalue weighted by atomic mass is 9.99. The van der Waals surface area contributed by atoms with Crippen LogP contribution in [0.4, 0.5) is 0 Å². The van der Waals surface area contributed by atoms with Crippen molar-refractivity contribution in [2.24, 2.45) is 0 Å². The summed E-state index contributed by atoms with van der Waals surface area (Å²) in [5.74, 6) is 0. The van der Waals surface area contributed by atoms with E-state index in [-0.39, 0.29) is 0 Å². The van der Waals surface area contributed by atoms with Crippen molar-refractivity contribution in [1.29, 1.82) is 0 Å². The third-order valence-electron chi connectivity index (χ3n) is 3.33. The summed E-state index contributed by atoms with van der Waals surface area (Å²) in [6.07, 6.45) is 5.57. The van der Waals surface area contributed by atoms with E-state index in [2.05, 4.69) is 47.7 Å². The molecular weight excluding hydrogens is 196 g/mol. The number of benzene rings is 1. The number of aromatic nitrogens is 1. The highest BCUT2D eigenvalue weighted by molar-refractivity contribution is 5.94. The minimum Gasteiger partial charge on any atom is -0.360 e. The average molecular weight is 212 g/mol. The van der Waals surface area contributed by atoms with E-state index in [1.807, 2.05) is 0 Å². The van der Waals surface area contributed by atoms with Gasteiger partial charge >= 0.3 is 0 Å². The molecule has 2 aromatic rings. The van der Waals surface area contributed by atoms with Crippen molar-refractivity contribution in [2.45, 2.75) is 13.3 Å². The maximum Gasteiger partial charge on any atom is 0.0489 e. The maximum atomic E-state index is 3.39. The predicted molar refractivity (Wildman–Crippen MR) is 68.5 cm³/mol. The highest BCUT2D eigenvalue weighted by atomic mass is 14.8. The van der Waals surface area contributed by atoms with E-state index in [0.717, 1.165) is 19.5 Å². The number of aromatic amines is 1. The molecule has 0 radical (unpaired) electrons. The lowest BCUT2D eigenvalue weighted by molar-refractivity contribution is 0.739. The van der Waals surface area contributed by atoms with E-state index in [0.29, 0.717) is 0 Å². The van der Waals surface area contributed by atoms with E-state index < -0.39 is 0 Å². The molecule has 2 heterocycles. The van der Waals surface area contributed by atoms with Crippen molar-refractivity contribution in [1.82, 2.24) is 10.3 Å². The van der Waals surface area contributed by atoms with Gasteiger partial charge in [-0.05, 0) is 31.0 Å². The summed E-state index contributed by atoms with van der Waals surface area (Å²) in [6.45, 7) is 4.23. The minimum atomic E-state index is 0.994. The van der Waals surface area contributed by atoms with Gasteiger partial charge in [-0.1, -0.05) is 24.3 Å². The third kappa shape index (κ3) is 1.46. The summed E-state index contributed by atoms with van der Waals surface area (Å²) in [5.41, 5.74) is 5.44. The van der Waals surface area contributed by atoms with Crippen molar-refractivity contribution in [3.63, 3.8) is 0 Å². The van der Waals surface area contributed by atoms with E-state index in [9.17, 15) is 0 Å². The number of fused-ring (bicyclic) bond motifs is 1. The number of aryl methyl sites for hydroxylation is 1. The number of hydrogen-bond donors (Lipinski definition) is 2. The van der Waals surface area contributed by atoms with Gasteiger partial charge in [-0.25, -0.2) is 0 Å². The molecule has 1 aliphatic heterocycles. The molecule has 0 saturated carbocycles. The number of H-pyrrole nitrogens is 1. The normalized spacial score (nSPS) is 16.4. The van der Waals surface area contributed by atoms with Gasteiger partial charge in [0, 0.05) is 29.2 Å². The Morgan fingerprint density at radius 3 is 3.00 bits per heavy atom. The van der Waals surface area contributed by atoms with Gasteiger partial charge in [0.25, 0.3) is 0 Å². The van der Waals surface area contributed by atoms with E-state index in [4.69, 9.17) is 0 Å². The maximum absolute atomic E-state index is 3.39. The molecule has 1 aromatic carbocycles. The van der Waals surface area contributed by atoms with E-state index in [1.165, 1.54) is 27.6 Å². The fraction of sp³-hybridized carbons (Fsp3) is 0.286. The van der Waals surface area contributed by atoms with Crippen LogP contribution in [0.2, 0.25) is 0 Å². The Hall–Kier alpha value is -1.54. The molecule has 16 heavy (non-hydrogen) atoms. The lowest BCUT2D eigenvalue weighted by Gasteiger charge is -2.13. The van der Waals surface area contributed by atoms with Gasteiger partial charge in [-0.2, -0.15) is 0 Å². The van der Waals surface area contributed by atoms with Crippen molar-refractivity contribution >= 4 is 16.5 Å². The second-order valence-electron chi connectivity index (χ2n) is 4.38. The Labute approximate surface area is 95.4 Å². The highest BCUT2D eigenvalue weighted by Crippen LogP contribution is 2.29. The monoisotopic (exact) mass is 212 g/mol. The molecule has 0 spiro atoms. The number of nitrogens with one attached hydrogen (secondary N) is 2.